The number of halogens is 1. The monoisotopic (exact) mass is 763 g/mol. The average Bonchev–Trinajstić information content (AvgIpc) is 3.04. The Morgan fingerprint density at radius 2 is 1.20 bits per heavy atom. The number of rotatable bonds is 28. The molecule has 0 aromatic carbocycles. The van der Waals surface area contributed by atoms with Crippen LogP contribution in [0, 0.1) is 0 Å². The molecule has 0 aliphatic rings. The number of ether oxygens (including phenoxy) is 4. The maximum Gasteiger partial charge on any atom is 0.417 e. The Balaban J connectivity index is 0.0000202. The van der Waals surface area contributed by atoms with Gasteiger partial charge in [-0.25, -0.2) is 19.1 Å². The number of carbonyl (C=O) groups excluding carboxylic acids is 3. The Kier molecular flexibility index (Phi) is 30.2. The molecule has 1 aromatic heterocycles. The molecule has 1 rings (SSSR count). The summed E-state index contributed by atoms with van der Waals surface area (Å²) < 4.78 is 23.1. The average molecular weight is 764 g/mol. The Bertz CT molecular complexity index is 907. The van der Waals surface area contributed by atoms with E-state index in [2.05, 4.69) is 12.2 Å². The smallest absolute Gasteiger partial charge is 0.417 e. The first-order valence-corrected chi connectivity index (χ1v) is 17.5. The normalized spacial score (nSPS) is 10.7. The predicted molar refractivity (Wildman–Crippen MR) is 176 cm³/mol. The van der Waals surface area contributed by atoms with Gasteiger partial charge in [-0.05, 0) is 13.3 Å². The number of amides is 3. The van der Waals surface area contributed by atoms with Gasteiger partial charge in [-0.2, -0.15) is 0 Å². The van der Waals surface area contributed by atoms with Crippen LogP contribution in [0.2, 0.25) is 0 Å². The van der Waals surface area contributed by atoms with Crippen molar-refractivity contribution in [2.45, 2.75) is 130 Å². The summed E-state index contributed by atoms with van der Waals surface area (Å²) >= 11 is 0. The van der Waals surface area contributed by atoms with Crippen LogP contribution in [0.25, 0.3) is 0 Å². The van der Waals surface area contributed by atoms with Crippen molar-refractivity contribution in [1.29, 1.82) is 0 Å². The van der Waals surface area contributed by atoms with Crippen molar-refractivity contribution in [3.63, 3.8) is 0 Å². The number of nitrogens with one attached hydrogen (secondary N) is 1. The number of imide groups is 1. The third kappa shape index (κ3) is 24.2. The highest BCUT2D eigenvalue weighted by Gasteiger charge is 2.23. The van der Waals surface area contributed by atoms with Gasteiger partial charge in [0.15, 0.2) is 6.20 Å². The fourth-order valence-electron chi connectivity index (χ4n) is 4.95. The third-order valence-corrected chi connectivity index (χ3v) is 7.63. The summed E-state index contributed by atoms with van der Waals surface area (Å²) in [6, 6.07) is 5.64. The molecule has 0 atom stereocenters. The maximum atomic E-state index is 12.4. The van der Waals surface area contributed by atoms with Crippen LogP contribution in [0.1, 0.15) is 123 Å². The molecular formula is C35H62IN3O7. The van der Waals surface area contributed by atoms with Crippen LogP contribution in [0.3, 0.4) is 0 Å². The molecule has 0 fully saturated rings. The fourth-order valence-corrected chi connectivity index (χ4v) is 4.95. The zero-order valence-electron chi connectivity index (χ0n) is 28.9. The molecule has 0 saturated carbocycles. The van der Waals surface area contributed by atoms with Gasteiger partial charge in [-0.15, -0.1) is 0 Å². The number of carbonyl (C=O) groups is 3. The van der Waals surface area contributed by atoms with Gasteiger partial charge in [0, 0.05) is 25.6 Å². The highest BCUT2D eigenvalue weighted by Crippen LogP contribution is 2.13. The summed E-state index contributed by atoms with van der Waals surface area (Å²) in [6.45, 7) is 8.36. The van der Waals surface area contributed by atoms with Crippen molar-refractivity contribution in [3.8, 4) is 0 Å². The number of unbranched alkanes of at least 4 members (excludes halogenated alkanes) is 14. The summed E-state index contributed by atoms with van der Waals surface area (Å²) in [6.07, 6.45) is 20.5. The van der Waals surface area contributed by atoms with Gasteiger partial charge in [-0.3, -0.25) is 4.79 Å². The zero-order valence-corrected chi connectivity index (χ0v) is 31.1. The standard InChI is InChI=1S/C35H61N3O7.HI/c1-4-6-7-8-9-10-11-12-13-14-15-16-17-18-20-23-36-34(40)44-29-27-42-25-26-43-28-30-45-35(41)38(32(3)39)31-33-22-19-21-24-37(33)5-2;/h19,21-22,24H,4-18,20,23,25-31H2,1-3H3;1H. The van der Waals surface area contributed by atoms with Crippen LogP contribution in [-0.2, 0) is 36.8 Å². The fraction of sp³-hybridized carbons (Fsp3) is 0.771. The summed E-state index contributed by atoms with van der Waals surface area (Å²) in [5.41, 5.74) is 0.835. The molecule has 1 N–H and O–H groups in total. The second kappa shape index (κ2) is 31.6. The number of aryl methyl sites for hydroxylation is 1. The number of nitrogens with zero attached hydrogens (tertiary/aromatic N) is 2. The van der Waals surface area contributed by atoms with Crippen molar-refractivity contribution in [2.75, 3.05) is 46.2 Å². The van der Waals surface area contributed by atoms with E-state index < -0.39 is 12.2 Å². The number of alkyl carbamates (subject to hydrolysis) is 1. The molecule has 11 heteroatoms. The van der Waals surface area contributed by atoms with E-state index in [1.54, 1.807) is 0 Å². The van der Waals surface area contributed by atoms with E-state index in [4.69, 9.17) is 18.9 Å². The maximum absolute atomic E-state index is 12.4. The minimum Gasteiger partial charge on any atom is -1.00 e. The number of aromatic nitrogens is 1. The second-order valence-corrected chi connectivity index (χ2v) is 11.4. The Hall–Kier alpha value is -1.99. The van der Waals surface area contributed by atoms with E-state index in [1.165, 1.54) is 90.4 Å². The van der Waals surface area contributed by atoms with Crippen LogP contribution < -0.4 is 33.9 Å². The first kappa shape index (κ1) is 44.0. The molecule has 1 heterocycles. The quantitative estimate of drug-likeness (QED) is 0.0779. The van der Waals surface area contributed by atoms with Gasteiger partial charge < -0.3 is 48.2 Å². The lowest BCUT2D eigenvalue weighted by Gasteiger charge is -2.17. The summed E-state index contributed by atoms with van der Waals surface area (Å²) in [5.74, 6) is -0.387. The molecule has 3 amide bonds. The molecule has 0 spiro atoms. The lowest BCUT2D eigenvalue weighted by Crippen LogP contribution is -3.00. The largest absolute Gasteiger partial charge is 1.00 e. The van der Waals surface area contributed by atoms with Gasteiger partial charge in [0.1, 0.15) is 26.3 Å². The van der Waals surface area contributed by atoms with Gasteiger partial charge in [0.05, 0.1) is 26.4 Å². The first-order valence-electron chi connectivity index (χ1n) is 17.5. The number of pyridine rings is 1. The SMILES string of the molecule is CCCCCCCCCCCCCCCCCNC(=O)OCCOCCOCCOC(=O)N(Cc1cccc[n+]1CC)C(C)=O.[I-]. The molecule has 0 aliphatic carbocycles. The summed E-state index contributed by atoms with van der Waals surface area (Å²) in [7, 11) is 0. The minimum atomic E-state index is -0.705. The molecule has 0 radical (unpaired) electrons. The van der Waals surface area contributed by atoms with E-state index >= 15 is 0 Å². The molecule has 10 nitrogen and oxygen atoms in total. The molecule has 1 aromatic rings. The van der Waals surface area contributed by atoms with Crippen molar-refractivity contribution >= 4 is 18.1 Å². The van der Waals surface area contributed by atoms with Gasteiger partial charge in [-0.1, -0.05) is 103 Å². The molecule has 0 aliphatic heterocycles. The highest BCUT2D eigenvalue weighted by atomic mass is 127. The van der Waals surface area contributed by atoms with E-state index in [9.17, 15) is 14.4 Å². The van der Waals surface area contributed by atoms with Crippen molar-refractivity contribution in [2.24, 2.45) is 0 Å². The van der Waals surface area contributed by atoms with Crippen LogP contribution >= 0.6 is 0 Å². The van der Waals surface area contributed by atoms with E-state index in [0.717, 1.165) is 30.0 Å². The Morgan fingerprint density at radius 1 is 0.696 bits per heavy atom. The van der Waals surface area contributed by atoms with Crippen molar-refractivity contribution in [3.05, 3.63) is 30.1 Å². The van der Waals surface area contributed by atoms with Crippen molar-refractivity contribution < 1.29 is 61.9 Å². The van der Waals surface area contributed by atoms with Crippen LogP contribution in [0.15, 0.2) is 24.4 Å². The van der Waals surface area contributed by atoms with Crippen LogP contribution in [-0.4, -0.2) is 69.2 Å². The lowest BCUT2D eigenvalue weighted by molar-refractivity contribution is -0.701. The topological polar surface area (TPSA) is 107 Å². The van der Waals surface area contributed by atoms with E-state index in [0.29, 0.717) is 19.8 Å². The summed E-state index contributed by atoms with van der Waals surface area (Å²) in [4.78, 5) is 37.3. The molecule has 0 unspecified atom stereocenters. The third-order valence-electron chi connectivity index (χ3n) is 7.63. The lowest BCUT2D eigenvalue weighted by atomic mass is 10.0. The molecule has 0 bridgehead atoms. The zero-order chi connectivity index (χ0) is 32.8. The van der Waals surface area contributed by atoms with Gasteiger partial charge in [0.25, 0.3) is 0 Å². The summed E-state index contributed by atoms with van der Waals surface area (Å²) in [5, 5.41) is 2.79. The molecule has 46 heavy (non-hydrogen) atoms. The highest BCUT2D eigenvalue weighted by molar-refractivity contribution is 5.90. The molecular weight excluding hydrogens is 701 g/mol. The number of hydrogen-bond donors (Lipinski definition) is 1. The van der Waals surface area contributed by atoms with Gasteiger partial charge in [0.2, 0.25) is 11.6 Å². The van der Waals surface area contributed by atoms with Gasteiger partial charge >= 0.3 is 12.2 Å². The van der Waals surface area contributed by atoms with E-state index in [-0.39, 0.29) is 62.9 Å². The number of hydrogen-bond acceptors (Lipinski definition) is 7. The predicted octanol–water partition coefficient (Wildman–Crippen LogP) is 4.11. The Morgan fingerprint density at radius 3 is 1.72 bits per heavy atom. The Labute approximate surface area is 295 Å². The van der Waals surface area contributed by atoms with Crippen LogP contribution in [0.4, 0.5) is 9.59 Å². The van der Waals surface area contributed by atoms with Crippen LogP contribution in [0.5, 0.6) is 0 Å². The second-order valence-electron chi connectivity index (χ2n) is 11.4. The van der Waals surface area contributed by atoms with E-state index in [1.807, 2.05) is 35.9 Å². The minimum absolute atomic E-state index is 0. The van der Waals surface area contributed by atoms with Crippen molar-refractivity contribution in [1.82, 2.24) is 10.2 Å². The molecule has 0 saturated heterocycles. The first-order chi connectivity index (χ1) is 22.0. The molecule has 266 valence electrons.